The Morgan fingerprint density at radius 3 is 2.35 bits per heavy atom. The summed E-state index contributed by atoms with van der Waals surface area (Å²) < 4.78 is 0. The van der Waals surface area contributed by atoms with Crippen LogP contribution in [0.4, 0.5) is 0 Å². The van der Waals surface area contributed by atoms with Gasteiger partial charge in [-0.1, -0.05) is 23.7 Å². The lowest BCUT2D eigenvalue weighted by Crippen LogP contribution is -2.32. The molecule has 5 nitrogen and oxygen atoms in total. The van der Waals surface area contributed by atoms with Crippen LogP contribution in [0.2, 0.25) is 5.02 Å². The molecule has 1 fully saturated rings. The lowest BCUT2D eigenvalue weighted by atomic mass is 9.95. The number of aromatic carboxylic acids is 1. The number of carbonyl (C=O) groups is 1. The van der Waals surface area contributed by atoms with Crippen LogP contribution < -0.4 is 0 Å². The van der Waals surface area contributed by atoms with Crippen molar-refractivity contribution in [1.29, 1.82) is 0 Å². The highest BCUT2D eigenvalue weighted by atomic mass is 35.5. The summed E-state index contributed by atoms with van der Waals surface area (Å²) in [7, 11) is 0. The number of carboxylic acids is 1. The van der Waals surface area contributed by atoms with Crippen molar-refractivity contribution in [3.05, 3.63) is 58.6 Å². The van der Waals surface area contributed by atoms with E-state index in [1.54, 1.807) is 24.5 Å². The van der Waals surface area contributed by atoms with Gasteiger partial charge in [0, 0.05) is 24.9 Å². The summed E-state index contributed by atoms with van der Waals surface area (Å²) >= 11 is 5.82. The Kier molecular flexibility index (Phi) is 4.88. The molecule has 0 spiro atoms. The molecule has 3 rings (SSSR count). The predicted molar refractivity (Wildman–Crippen MR) is 87.7 cm³/mol. The van der Waals surface area contributed by atoms with Crippen molar-refractivity contribution < 1.29 is 9.90 Å². The summed E-state index contributed by atoms with van der Waals surface area (Å²) in [4.78, 5) is 21.9. The largest absolute Gasteiger partial charge is 0.478 e. The number of halogens is 1. The van der Waals surface area contributed by atoms with E-state index in [0.717, 1.165) is 43.9 Å². The summed E-state index contributed by atoms with van der Waals surface area (Å²) in [5.41, 5.74) is 1.46. The van der Waals surface area contributed by atoms with Crippen LogP contribution in [0, 0.1) is 0 Å². The van der Waals surface area contributed by atoms with Gasteiger partial charge in [0.15, 0.2) is 0 Å². The zero-order valence-corrected chi connectivity index (χ0v) is 13.4. The number of piperidine rings is 1. The van der Waals surface area contributed by atoms with Gasteiger partial charge >= 0.3 is 5.97 Å². The lowest BCUT2D eigenvalue weighted by Gasteiger charge is -2.31. The Morgan fingerprint density at radius 1 is 1.17 bits per heavy atom. The number of aromatic nitrogens is 2. The molecule has 23 heavy (non-hydrogen) atoms. The zero-order chi connectivity index (χ0) is 16.2. The number of nitrogens with zero attached hydrogens (tertiary/aromatic N) is 3. The van der Waals surface area contributed by atoms with E-state index in [0.29, 0.717) is 16.5 Å². The fourth-order valence-corrected chi connectivity index (χ4v) is 2.99. The van der Waals surface area contributed by atoms with Gasteiger partial charge in [0.25, 0.3) is 0 Å². The maximum Gasteiger partial charge on any atom is 0.335 e. The molecule has 1 N–H and O–H groups in total. The van der Waals surface area contributed by atoms with Gasteiger partial charge < -0.3 is 5.11 Å². The average Bonchev–Trinajstić information content (AvgIpc) is 2.57. The smallest absolute Gasteiger partial charge is 0.335 e. The minimum absolute atomic E-state index is 0.326. The molecule has 2 aromatic rings. The molecule has 0 unspecified atom stereocenters. The SMILES string of the molecule is O=C(O)c1ccc(CN2CCC(c3ncc(Cl)cn3)CC2)cc1. The molecule has 1 aromatic heterocycles. The quantitative estimate of drug-likeness (QED) is 0.931. The van der Waals surface area contributed by atoms with Crippen LogP contribution in [-0.4, -0.2) is 39.0 Å². The van der Waals surface area contributed by atoms with Gasteiger partial charge in [-0.2, -0.15) is 0 Å². The molecule has 1 saturated heterocycles. The second kappa shape index (κ2) is 7.06. The molecule has 0 saturated carbocycles. The number of hydrogen-bond acceptors (Lipinski definition) is 4. The highest BCUT2D eigenvalue weighted by Gasteiger charge is 2.22. The van der Waals surface area contributed by atoms with E-state index in [1.807, 2.05) is 12.1 Å². The van der Waals surface area contributed by atoms with E-state index in [-0.39, 0.29) is 0 Å². The molecule has 0 aliphatic carbocycles. The highest BCUT2D eigenvalue weighted by molar-refractivity contribution is 6.30. The van der Waals surface area contributed by atoms with E-state index in [4.69, 9.17) is 16.7 Å². The predicted octanol–water partition coefficient (Wildman–Crippen LogP) is 3.21. The van der Waals surface area contributed by atoms with Crippen molar-refractivity contribution in [2.75, 3.05) is 13.1 Å². The summed E-state index contributed by atoms with van der Waals surface area (Å²) in [5, 5.41) is 9.49. The first kappa shape index (κ1) is 15.9. The van der Waals surface area contributed by atoms with Gasteiger partial charge in [-0.25, -0.2) is 14.8 Å². The molecule has 0 radical (unpaired) electrons. The molecular formula is C17H18ClN3O2. The van der Waals surface area contributed by atoms with Crippen molar-refractivity contribution in [3.63, 3.8) is 0 Å². The Bertz CT molecular complexity index is 665. The summed E-state index contributed by atoms with van der Waals surface area (Å²) in [6.45, 7) is 2.81. The van der Waals surface area contributed by atoms with Crippen LogP contribution in [0.15, 0.2) is 36.7 Å². The Hall–Kier alpha value is -1.98. The van der Waals surface area contributed by atoms with Crippen molar-refractivity contribution in [2.45, 2.75) is 25.3 Å². The van der Waals surface area contributed by atoms with Gasteiger partial charge in [-0.3, -0.25) is 4.90 Å². The van der Waals surface area contributed by atoms with Gasteiger partial charge in [-0.05, 0) is 43.6 Å². The number of hydrogen-bond donors (Lipinski definition) is 1. The first-order valence-corrected chi connectivity index (χ1v) is 8.01. The maximum absolute atomic E-state index is 10.9. The standard InChI is InChI=1S/C17H18ClN3O2/c18-15-9-19-16(20-10-15)13-5-7-21(8-6-13)11-12-1-3-14(4-2-12)17(22)23/h1-4,9-10,13H,5-8,11H2,(H,22,23). The van der Waals surface area contributed by atoms with E-state index in [2.05, 4.69) is 14.9 Å². The molecular weight excluding hydrogens is 314 g/mol. The maximum atomic E-state index is 10.9. The molecule has 120 valence electrons. The fourth-order valence-electron chi connectivity index (χ4n) is 2.89. The van der Waals surface area contributed by atoms with E-state index >= 15 is 0 Å². The first-order valence-electron chi connectivity index (χ1n) is 7.64. The minimum atomic E-state index is -0.889. The third kappa shape index (κ3) is 4.06. The Balaban J connectivity index is 1.54. The summed E-state index contributed by atoms with van der Waals surface area (Å²) in [6, 6.07) is 7.09. The number of carboxylic acid groups (broad SMARTS) is 1. The van der Waals surface area contributed by atoms with E-state index < -0.39 is 5.97 Å². The normalized spacial score (nSPS) is 16.4. The molecule has 0 amide bonds. The Labute approximate surface area is 139 Å². The third-order valence-corrected chi connectivity index (χ3v) is 4.40. The monoisotopic (exact) mass is 331 g/mol. The first-order chi connectivity index (χ1) is 11.1. The molecule has 0 bridgehead atoms. The van der Waals surface area contributed by atoms with Crippen molar-refractivity contribution in [2.24, 2.45) is 0 Å². The molecule has 1 aliphatic rings. The van der Waals surface area contributed by atoms with Crippen LogP contribution in [0.25, 0.3) is 0 Å². The van der Waals surface area contributed by atoms with Crippen LogP contribution in [0.5, 0.6) is 0 Å². The summed E-state index contributed by atoms with van der Waals surface area (Å²) in [6.07, 6.45) is 5.35. The lowest BCUT2D eigenvalue weighted by molar-refractivity contribution is 0.0697. The van der Waals surface area contributed by atoms with Gasteiger partial charge in [0.05, 0.1) is 10.6 Å². The van der Waals surface area contributed by atoms with Crippen molar-refractivity contribution >= 4 is 17.6 Å². The topological polar surface area (TPSA) is 66.3 Å². The van der Waals surface area contributed by atoms with Gasteiger partial charge in [-0.15, -0.1) is 0 Å². The molecule has 0 atom stereocenters. The Morgan fingerprint density at radius 2 is 1.78 bits per heavy atom. The van der Waals surface area contributed by atoms with Crippen molar-refractivity contribution in [3.8, 4) is 0 Å². The van der Waals surface area contributed by atoms with E-state index in [9.17, 15) is 4.79 Å². The highest BCUT2D eigenvalue weighted by Crippen LogP contribution is 2.26. The van der Waals surface area contributed by atoms with Crippen molar-refractivity contribution in [1.82, 2.24) is 14.9 Å². The molecule has 1 aromatic carbocycles. The summed E-state index contributed by atoms with van der Waals surface area (Å²) in [5.74, 6) is 0.373. The van der Waals surface area contributed by atoms with Gasteiger partial charge in [0.2, 0.25) is 0 Å². The molecule has 6 heteroatoms. The average molecular weight is 332 g/mol. The van der Waals surface area contributed by atoms with Crippen LogP contribution in [0.3, 0.4) is 0 Å². The fraction of sp³-hybridized carbons (Fsp3) is 0.353. The van der Waals surface area contributed by atoms with Crippen LogP contribution in [0.1, 0.15) is 40.5 Å². The van der Waals surface area contributed by atoms with Crippen LogP contribution >= 0.6 is 11.6 Å². The number of likely N-dealkylation sites (tertiary alicyclic amines) is 1. The minimum Gasteiger partial charge on any atom is -0.478 e. The van der Waals surface area contributed by atoms with E-state index in [1.165, 1.54) is 0 Å². The van der Waals surface area contributed by atoms with Gasteiger partial charge in [0.1, 0.15) is 5.82 Å². The zero-order valence-electron chi connectivity index (χ0n) is 12.7. The number of benzene rings is 1. The molecule has 1 aliphatic heterocycles. The van der Waals surface area contributed by atoms with Crippen LogP contribution in [-0.2, 0) is 6.54 Å². The second-order valence-electron chi connectivity index (χ2n) is 5.81. The molecule has 2 heterocycles. The second-order valence-corrected chi connectivity index (χ2v) is 6.25. The third-order valence-electron chi connectivity index (χ3n) is 4.20. The number of rotatable bonds is 4.